The molecule has 0 rings (SSSR count). The van der Waals surface area contributed by atoms with Crippen LogP contribution in [-0.4, -0.2) is 34.8 Å². The van der Waals surface area contributed by atoms with Gasteiger partial charge in [-0.25, -0.2) is 0 Å². The average molecular weight is 169 g/mol. The smallest absolute Gasteiger partial charge is 1.00 e. The number of halogens is 2. The van der Waals surface area contributed by atoms with Gasteiger partial charge < -0.3 is 29.9 Å². The molecule has 0 bridgehead atoms. The van der Waals surface area contributed by atoms with Crippen LogP contribution in [0.3, 0.4) is 0 Å². The van der Waals surface area contributed by atoms with Gasteiger partial charge in [-0.15, -0.1) is 0 Å². The minimum atomic E-state index is 0. The molecule has 0 aliphatic rings. The van der Waals surface area contributed by atoms with Crippen LogP contribution in [0.5, 0.6) is 0 Å². The summed E-state index contributed by atoms with van der Waals surface area (Å²) >= 11 is 0. The third kappa shape index (κ3) is 26.6. The van der Waals surface area contributed by atoms with Gasteiger partial charge in [0.05, 0.1) is 0 Å². The first-order valence-corrected chi connectivity index (χ1v) is 2.02. The van der Waals surface area contributed by atoms with Crippen molar-refractivity contribution in [3.63, 3.8) is 0 Å². The van der Waals surface area contributed by atoms with Crippen LogP contribution in [0.2, 0.25) is 0 Å². The third-order valence-corrected chi connectivity index (χ3v) is 0.512. The van der Waals surface area contributed by atoms with Crippen molar-refractivity contribution in [3.05, 3.63) is 0 Å². The maximum Gasteiger partial charge on any atom is 2.00 e. The van der Waals surface area contributed by atoms with Gasteiger partial charge in [0, 0.05) is 6.61 Å². The molecule has 0 spiro atoms. The van der Waals surface area contributed by atoms with Gasteiger partial charge in [-0.05, 0) is 6.42 Å². The summed E-state index contributed by atoms with van der Waals surface area (Å²) in [6, 6.07) is 0. The standard InChI is InChI=1S/C4H10O.2ClH.Mg/c1-2-3-4-5;;;/h5H,2-4H2,1H3;2*1H;/q;;;+2/p-2. The summed E-state index contributed by atoms with van der Waals surface area (Å²) in [6.45, 7) is 2.40. The Balaban J connectivity index is -0.0000000267. The second kappa shape index (κ2) is 23.9. The Kier molecular flexibility index (Phi) is 68.2. The second-order valence-corrected chi connectivity index (χ2v) is 1.08. The molecule has 0 heterocycles. The molecule has 8 heavy (non-hydrogen) atoms. The quantitative estimate of drug-likeness (QED) is 0.409. The first kappa shape index (κ1) is 22.8. The first-order chi connectivity index (χ1) is 2.41. The molecule has 1 nitrogen and oxygen atoms in total. The number of hydrogen-bond acceptors (Lipinski definition) is 1. The van der Waals surface area contributed by atoms with E-state index in [1.165, 1.54) is 0 Å². The van der Waals surface area contributed by atoms with Gasteiger partial charge in [0.25, 0.3) is 0 Å². The van der Waals surface area contributed by atoms with E-state index < -0.39 is 0 Å². The molecule has 0 unspecified atom stereocenters. The van der Waals surface area contributed by atoms with Crippen LogP contribution < -0.4 is 24.8 Å². The van der Waals surface area contributed by atoms with Crippen molar-refractivity contribution in [3.8, 4) is 0 Å². The zero-order valence-electron chi connectivity index (χ0n) is 5.03. The molecule has 0 atom stereocenters. The molecule has 0 saturated heterocycles. The summed E-state index contributed by atoms with van der Waals surface area (Å²) in [5, 5.41) is 8.07. The maximum absolute atomic E-state index is 8.07. The molecule has 0 aromatic carbocycles. The molecule has 48 valence electrons. The number of aliphatic hydroxyl groups is 1. The van der Waals surface area contributed by atoms with E-state index in [0.717, 1.165) is 12.8 Å². The molecule has 0 aliphatic heterocycles. The SMILES string of the molecule is CCCCO.[Cl-].[Cl-].[Mg+2]. The van der Waals surface area contributed by atoms with Crippen LogP contribution in [0.4, 0.5) is 0 Å². The van der Waals surface area contributed by atoms with Crippen molar-refractivity contribution in [2.24, 2.45) is 0 Å². The predicted molar refractivity (Wildman–Crippen MR) is 27.7 cm³/mol. The Morgan fingerprint density at radius 3 is 1.62 bits per heavy atom. The first-order valence-electron chi connectivity index (χ1n) is 2.02. The van der Waals surface area contributed by atoms with Gasteiger partial charge in [-0.2, -0.15) is 0 Å². The molecule has 0 amide bonds. The molecule has 0 aromatic heterocycles. The number of hydrogen-bond donors (Lipinski definition) is 1. The fraction of sp³-hybridized carbons (Fsp3) is 1.00. The van der Waals surface area contributed by atoms with E-state index in [2.05, 4.69) is 6.92 Å². The van der Waals surface area contributed by atoms with Gasteiger partial charge >= 0.3 is 23.1 Å². The van der Waals surface area contributed by atoms with E-state index in [1.807, 2.05) is 0 Å². The Labute approximate surface area is 79.2 Å². The minimum absolute atomic E-state index is 0. The molecular weight excluding hydrogens is 159 g/mol. The number of aliphatic hydroxyl groups excluding tert-OH is 1. The third-order valence-electron chi connectivity index (χ3n) is 0.512. The number of rotatable bonds is 2. The van der Waals surface area contributed by atoms with Crippen LogP contribution in [-0.2, 0) is 0 Å². The zero-order valence-corrected chi connectivity index (χ0v) is 7.96. The van der Waals surface area contributed by atoms with Gasteiger partial charge in [0.1, 0.15) is 0 Å². The predicted octanol–water partition coefficient (Wildman–Crippen LogP) is -5.59. The summed E-state index contributed by atoms with van der Waals surface area (Å²) < 4.78 is 0. The van der Waals surface area contributed by atoms with Crippen LogP contribution >= 0.6 is 0 Å². The van der Waals surface area contributed by atoms with Crippen LogP contribution in [0.1, 0.15) is 19.8 Å². The van der Waals surface area contributed by atoms with Gasteiger partial charge in [-0.3, -0.25) is 0 Å². The van der Waals surface area contributed by atoms with Crippen LogP contribution in [0, 0.1) is 0 Å². The molecule has 0 fully saturated rings. The molecule has 4 heteroatoms. The van der Waals surface area contributed by atoms with E-state index in [0.29, 0.717) is 6.61 Å². The fourth-order valence-corrected chi connectivity index (χ4v) is 0.158. The molecule has 0 saturated carbocycles. The molecule has 0 aliphatic carbocycles. The van der Waals surface area contributed by atoms with Gasteiger partial charge in [-0.1, -0.05) is 13.3 Å². The topological polar surface area (TPSA) is 20.2 Å². The Morgan fingerprint density at radius 1 is 1.25 bits per heavy atom. The molecule has 0 aromatic rings. The van der Waals surface area contributed by atoms with Crippen molar-refractivity contribution in [1.29, 1.82) is 0 Å². The van der Waals surface area contributed by atoms with E-state index >= 15 is 0 Å². The Morgan fingerprint density at radius 2 is 1.62 bits per heavy atom. The molecule has 1 N–H and O–H groups in total. The van der Waals surface area contributed by atoms with E-state index in [-0.39, 0.29) is 47.9 Å². The van der Waals surface area contributed by atoms with Crippen molar-refractivity contribution in [2.45, 2.75) is 19.8 Å². The van der Waals surface area contributed by atoms with Gasteiger partial charge in [0.2, 0.25) is 0 Å². The fourth-order valence-electron chi connectivity index (χ4n) is 0.158. The van der Waals surface area contributed by atoms with Crippen molar-refractivity contribution < 1.29 is 29.9 Å². The average Bonchev–Trinajstić information content (AvgIpc) is 1.41. The molecular formula is C4H10Cl2MgO. The zero-order chi connectivity index (χ0) is 4.12. The summed E-state index contributed by atoms with van der Waals surface area (Å²) in [6.07, 6.45) is 2.04. The summed E-state index contributed by atoms with van der Waals surface area (Å²) in [4.78, 5) is 0. The van der Waals surface area contributed by atoms with Gasteiger partial charge in [0.15, 0.2) is 0 Å². The maximum atomic E-state index is 8.07. The van der Waals surface area contributed by atoms with Crippen molar-refractivity contribution in [1.82, 2.24) is 0 Å². The van der Waals surface area contributed by atoms with E-state index in [9.17, 15) is 0 Å². The number of unbranched alkanes of at least 4 members (excludes halogenated alkanes) is 1. The Hall–Kier alpha value is 1.31. The van der Waals surface area contributed by atoms with Crippen LogP contribution in [0.25, 0.3) is 0 Å². The van der Waals surface area contributed by atoms with E-state index in [4.69, 9.17) is 5.11 Å². The van der Waals surface area contributed by atoms with Crippen molar-refractivity contribution in [2.75, 3.05) is 6.61 Å². The largest absolute Gasteiger partial charge is 2.00 e. The van der Waals surface area contributed by atoms with Crippen molar-refractivity contribution >= 4 is 23.1 Å². The summed E-state index contributed by atoms with van der Waals surface area (Å²) in [5.74, 6) is 0. The summed E-state index contributed by atoms with van der Waals surface area (Å²) in [5.41, 5.74) is 0. The Bertz CT molecular complexity index is 21.5. The molecule has 0 radical (unpaired) electrons. The normalized spacial score (nSPS) is 5.25. The minimum Gasteiger partial charge on any atom is -1.00 e. The van der Waals surface area contributed by atoms with E-state index in [1.54, 1.807) is 0 Å². The monoisotopic (exact) mass is 168 g/mol. The summed E-state index contributed by atoms with van der Waals surface area (Å²) in [7, 11) is 0. The van der Waals surface area contributed by atoms with Crippen LogP contribution in [0.15, 0.2) is 0 Å². The second-order valence-electron chi connectivity index (χ2n) is 1.08.